The van der Waals surface area contributed by atoms with E-state index in [0.29, 0.717) is 30.1 Å². The molecular weight excluding hydrogens is 318 g/mol. The van der Waals surface area contributed by atoms with Gasteiger partial charge < -0.3 is 15.5 Å². The molecule has 0 aromatic heterocycles. The van der Waals surface area contributed by atoms with Crippen LogP contribution in [0.2, 0.25) is 0 Å². The van der Waals surface area contributed by atoms with Gasteiger partial charge in [-0.2, -0.15) is 0 Å². The van der Waals surface area contributed by atoms with Gasteiger partial charge in [0.15, 0.2) is 0 Å². The van der Waals surface area contributed by atoms with Gasteiger partial charge >= 0.3 is 0 Å². The number of carbonyl (C=O) groups is 3. The van der Waals surface area contributed by atoms with Gasteiger partial charge in [0.25, 0.3) is 0 Å². The van der Waals surface area contributed by atoms with E-state index < -0.39 is 5.41 Å². The lowest BCUT2D eigenvalue weighted by Gasteiger charge is -2.33. The lowest BCUT2D eigenvalue weighted by Crippen LogP contribution is -2.46. The van der Waals surface area contributed by atoms with E-state index in [9.17, 15) is 14.4 Å². The van der Waals surface area contributed by atoms with E-state index in [1.54, 1.807) is 24.3 Å². The number of hydrogen-bond donors (Lipinski definition) is 2. The highest BCUT2D eigenvalue weighted by molar-refractivity contribution is 6.13. The fourth-order valence-corrected chi connectivity index (χ4v) is 3.47. The van der Waals surface area contributed by atoms with Gasteiger partial charge in [0, 0.05) is 31.4 Å². The molecule has 25 heavy (non-hydrogen) atoms. The first-order valence-corrected chi connectivity index (χ1v) is 8.89. The monoisotopic (exact) mass is 343 g/mol. The molecule has 6 nitrogen and oxygen atoms in total. The highest BCUT2D eigenvalue weighted by Crippen LogP contribution is 2.48. The first-order chi connectivity index (χ1) is 11.9. The summed E-state index contributed by atoms with van der Waals surface area (Å²) in [5.41, 5.74) is 0.301. The lowest BCUT2D eigenvalue weighted by molar-refractivity contribution is -0.143. The second-order valence-corrected chi connectivity index (χ2v) is 7.30. The molecule has 1 unspecified atom stereocenters. The van der Waals surface area contributed by atoms with Crippen molar-refractivity contribution in [3.8, 4) is 0 Å². The van der Waals surface area contributed by atoms with Crippen LogP contribution < -0.4 is 10.6 Å². The van der Waals surface area contributed by atoms with E-state index in [-0.39, 0.29) is 17.7 Å². The Kier molecular flexibility index (Phi) is 4.79. The van der Waals surface area contributed by atoms with Gasteiger partial charge in [-0.25, -0.2) is 0 Å². The van der Waals surface area contributed by atoms with Crippen LogP contribution in [0.1, 0.15) is 39.5 Å². The van der Waals surface area contributed by atoms with Crippen molar-refractivity contribution in [2.45, 2.75) is 39.5 Å². The average molecular weight is 343 g/mol. The minimum atomic E-state index is -0.902. The van der Waals surface area contributed by atoms with Crippen LogP contribution in [0.5, 0.6) is 0 Å². The third kappa shape index (κ3) is 3.83. The van der Waals surface area contributed by atoms with Crippen LogP contribution >= 0.6 is 0 Å². The molecule has 3 amide bonds. The van der Waals surface area contributed by atoms with Gasteiger partial charge in [0.05, 0.1) is 0 Å². The van der Waals surface area contributed by atoms with Crippen LogP contribution in [0, 0.1) is 11.3 Å². The molecule has 1 saturated carbocycles. The van der Waals surface area contributed by atoms with Crippen LogP contribution in [0.25, 0.3) is 0 Å². The third-order valence-corrected chi connectivity index (χ3v) is 4.98. The smallest absolute Gasteiger partial charge is 0.240 e. The fraction of sp³-hybridized carbons (Fsp3) is 0.526. The number of anilines is 2. The Morgan fingerprint density at radius 3 is 2.44 bits per heavy atom. The molecule has 1 atom stereocenters. The predicted octanol–water partition coefficient (Wildman–Crippen LogP) is 2.62. The molecule has 134 valence electrons. The lowest BCUT2D eigenvalue weighted by atomic mass is 9.96. The van der Waals surface area contributed by atoms with E-state index in [1.807, 2.05) is 4.90 Å². The van der Waals surface area contributed by atoms with Crippen molar-refractivity contribution in [3.05, 3.63) is 24.3 Å². The SMILES string of the molecule is CC(=O)Nc1cccc(NC(=O)C2(C(=O)N3CCCC(C)C3)CC2)c1. The quantitative estimate of drug-likeness (QED) is 0.825. The molecule has 2 N–H and O–H groups in total. The summed E-state index contributed by atoms with van der Waals surface area (Å²) >= 11 is 0. The van der Waals surface area contributed by atoms with E-state index >= 15 is 0 Å². The predicted molar refractivity (Wildman–Crippen MR) is 96.0 cm³/mol. The molecule has 6 heteroatoms. The minimum Gasteiger partial charge on any atom is -0.342 e. The Morgan fingerprint density at radius 2 is 1.84 bits per heavy atom. The summed E-state index contributed by atoms with van der Waals surface area (Å²) in [6.07, 6.45) is 3.35. The number of nitrogens with one attached hydrogen (secondary N) is 2. The zero-order valence-corrected chi connectivity index (χ0v) is 14.8. The highest BCUT2D eigenvalue weighted by atomic mass is 16.2. The molecule has 0 radical (unpaired) electrons. The number of piperidine rings is 1. The van der Waals surface area contributed by atoms with Crippen LogP contribution in [0.3, 0.4) is 0 Å². The molecular formula is C19H25N3O3. The number of likely N-dealkylation sites (tertiary alicyclic amines) is 1. The molecule has 2 aliphatic rings. The van der Waals surface area contributed by atoms with Gasteiger partial charge in [-0.3, -0.25) is 14.4 Å². The Hall–Kier alpha value is -2.37. The van der Waals surface area contributed by atoms with Gasteiger partial charge in [-0.05, 0) is 49.8 Å². The first-order valence-electron chi connectivity index (χ1n) is 8.89. The molecule has 1 aliphatic carbocycles. The van der Waals surface area contributed by atoms with Crippen LogP contribution in [0.4, 0.5) is 11.4 Å². The highest BCUT2D eigenvalue weighted by Gasteiger charge is 2.58. The van der Waals surface area contributed by atoms with Crippen molar-refractivity contribution >= 4 is 29.1 Å². The Morgan fingerprint density at radius 1 is 1.16 bits per heavy atom. The Labute approximate surface area is 148 Å². The van der Waals surface area contributed by atoms with Crippen molar-refractivity contribution in [2.75, 3.05) is 23.7 Å². The molecule has 1 aromatic carbocycles. The van der Waals surface area contributed by atoms with E-state index in [2.05, 4.69) is 17.6 Å². The summed E-state index contributed by atoms with van der Waals surface area (Å²) in [6, 6.07) is 6.97. The van der Waals surface area contributed by atoms with Crippen LogP contribution in [-0.2, 0) is 14.4 Å². The van der Waals surface area contributed by atoms with Gasteiger partial charge in [0.2, 0.25) is 17.7 Å². The maximum atomic E-state index is 12.9. The maximum Gasteiger partial charge on any atom is 0.240 e. The molecule has 2 fully saturated rings. The second kappa shape index (κ2) is 6.86. The van der Waals surface area contributed by atoms with Gasteiger partial charge in [-0.15, -0.1) is 0 Å². The molecule has 1 aromatic rings. The number of hydrogen-bond acceptors (Lipinski definition) is 3. The summed E-state index contributed by atoms with van der Waals surface area (Å²) in [5, 5.41) is 5.54. The topological polar surface area (TPSA) is 78.5 Å². The molecule has 1 heterocycles. The van der Waals surface area contributed by atoms with Crippen LogP contribution in [-0.4, -0.2) is 35.7 Å². The van der Waals surface area contributed by atoms with Crippen molar-refractivity contribution < 1.29 is 14.4 Å². The van der Waals surface area contributed by atoms with Crippen molar-refractivity contribution in [3.63, 3.8) is 0 Å². The van der Waals surface area contributed by atoms with E-state index in [0.717, 1.165) is 25.9 Å². The number of benzene rings is 1. The summed E-state index contributed by atoms with van der Waals surface area (Å²) < 4.78 is 0. The van der Waals surface area contributed by atoms with Crippen LogP contribution in [0.15, 0.2) is 24.3 Å². The maximum absolute atomic E-state index is 12.9. The molecule has 1 aliphatic heterocycles. The van der Waals surface area contributed by atoms with Gasteiger partial charge in [-0.1, -0.05) is 13.0 Å². The Bertz CT molecular complexity index is 697. The summed E-state index contributed by atoms with van der Waals surface area (Å²) in [4.78, 5) is 38.6. The second-order valence-electron chi connectivity index (χ2n) is 7.30. The fourth-order valence-electron chi connectivity index (χ4n) is 3.47. The van der Waals surface area contributed by atoms with Crippen molar-refractivity contribution in [1.82, 2.24) is 4.90 Å². The number of carbonyl (C=O) groups excluding carboxylic acids is 3. The zero-order chi connectivity index (χ0) is 18.0. The summed E-state index contributed by atoms with van der Waals surface area (Å²) in [6.45, 7) is 5.07. The molecule has 3 rings (SSSR count). The molecule has 1 saturated heterocycles. The third-order valence-electron chi connectivity index (χ3n) is 4.98. The number of amides is 3. The summed E-state index contributed by atoms with van der Waals surface area (Å²) in [5.74, 6) is 0.0488. The van der Waals surface area contributed by atoms with E-state index in [1.165, 1.54) is 6.92 Å². The molecule has 0 spiro atoms. The normalized spacial score (nSPS) is 21.4. The van der Waals surface area contributed by atoms with Crippen molar-refractivity contribution in [2.24, 2.45) is 11.3 Å². The zero-order valence-electron chi connectivity index (χ0n) is 14.8. The number of rotatable bonds is 4. The summed E-state index contributed by atoms with van der Waals surface area (Å²) in [7, 11) is 0. The Balaban J connectivity index is 1.68. The largest absolute Gasteiger partial charge is 0.342 e. The van der Waals surface area contributed by atoms with Gasteiger partial charge in [0.1, 0.15) is 5.41 Å². The van der Waals surface area contributed by atoms with Crippen molar-refractivity contribution in [1.29, 1.82) is 0 Å². The van der Waals surface area contributed by atoms with E-state index in [4.69, 9.17) is 0 Å². The first kappa shape index (κ1) is 17.5. The standard InChI is InChI=1S/C19H25N3O3/c1-13-5-4-10-22(12-13)18(25)19(8-9-19)17(24)21-16-7-3-6-15(11-16)20-14(2)23/h3,6-7,11,13H,4-5,8-10,12H2,1-2H3,(H,20,23)(H,21,24). The average Bonchev–Trinajstić information content (AvgIpc) is 3.35. The number of nitrogens with zero attached hydrogens (tertiary/aromatic N) is 1. The molecule has 0 bridgehead atoms. The minimum absolute atomic E-state index is 0.0328.